The van der Waals surface area contributed by atoms with Crippen molar-refractivity contribution < 1.29 is 8.42 Å². The van der Waals surface area contributed by atoms with Crippen LogP contribution in [0.2, 0.25) is 0 Å². The third kappa shape index (κ3) is 8.57. The van der Waals surface area contributed by atoms with E-state index in [0.717, 1.165) is 32.1 Å². The summed E-state index contributed by atoms with van der Waals surface area (Å²) in [6.45, 7) is 4.35. The molecule has 0 rings (SSSR count). The molecule has 0 aromatic heterocycles. The van der Waals surface area contributed by atoms with E-state index >= 15 is 0 Å². The molecule has 0 amide bonds. The highest BCUT2D eigenvalue weighted by molar-refractivity contribution is 7.90. The fourth-order valence-corrected chi connectivity index (χ4v) is 3.00. The molecule has 0 saturated heterocycles. The van der Waals surface area contributed by atoms with E-state index in [2.05, 4.69) is 19.3 Å². The first-order chi connectivity index (χ1) is 7.94. The van der Waals surface area contributed by atoms with E-state index in [4.69, 9.17) is 5.84 Å². The van der Waals surface area contributed by atoms with Gasteiger partial charge < -0.3 is 0 Å². The maximum absolute atomic E-state index is 11.1. The van der Waals surface area contributed by atoms with Gasteiger partial charge in [-0.2, -0.15) is 0 Å². The summed E-state index contributed by atoms with van der Waals surface area (Å²) in [5.74, 6) is 6.41. The Balaban J connectivity index is 4.17. The molecule has 0 aliphatic rings. The summed E-state index contributed by atoms with van der Waals surface area (Å²) < 4.78 is 22.1. The van der Waals surface area contributed by atoms with Gasteiger partial charge in [-0.3, -0.25) is 11.3 Å². The molecule has 0 aliphatic heterocycles. The average molecular weight is 264 g/mol. The minimum absolute atomic E-state index is 0.247. The monoisotopic (exact) mass is 264 g/mol. The van der Waals surface area contributed by atoms with Crippen LogP contribution in [-0.4, -0.2) is 26.5 Å². The Morgan fingerprint density at radius 1 is 1.12 bits per heavy atom. The van der Waals surface area contributed by atoms with Gasteiger partial charge in [-0.05, 0) is 31.6 Å². The maximum atomic E-state index is 11.1. The first kappa shape index (κ1) is 16.9. The molecule has 0 aliphatic carbocycles. The zero-order valence-corrected chi connectivity index (χ0v) is 12.2. The number of hydrogen-bond donors (Lipinski definition) is 2. The highest BCUT2D eigenvalue weighted by Gasteiger charge is 2.19. The van der Waals surface area contributed by atoms with E-state index in [1.807, 2.05) is 0 Å². The van der Waals surface area contributed by atoms with E-state index in [0.29, 0.717) is 12.3 Å². The lowest BCUT2D eigenvalue weighted by molar-refractivity contribution is 0.297. The van der Waals surface area contributed by atoms with Crippen molar-refractivity contribution in [3.8, 4) is 0 Å². The van der Waals surface area contributed by atoms with Gasteiger partial charge in [-0.1, -0.05) is 26.7 Å². The van der Waals surface area contributed by atoms with Gasteiger partial charge in [0.1, 0.15) is 9.84 Å². The number of hydrazine groups is 1. The van der Waals surface area contributed by atoms with E-state index in [-0.39, 0.29) is 11.8 Å². The number of hydrogen-bond acceptors (Lipinski definition) is 4. The Morgan fingerprint density at radius 2 is 1.65 bits per heavy atom. The van der Waals surface area contributed by atoms with Crippen LogP contribution in [0.4, 0.5) is 0 Å². The van der Waals surface area contributed by atoms with Crippen molar-refractivity contribution in [1.29, 1.82) is 0 Å². The molecule has 3 N–H and O–H groups in total. The Kier molecular flexibility index (Phi) is 8.82. The molecular formula is C12H28N2O2S. The molecule has 0 heterocycles. The normalized spacial score (nSPS) is 14.2. The topological polar surface area (TPSA) is 72.2 Å². The van der Waals surface area contributed by atoms with E-state index < -0.39 is 9.84 Å². The lowest BCUT2D eigenvalue weighted by Gasteiger charge is -2.26. The van der Waals surface area contributed by atoms with Crippen LogP contribution in [0, 0.1) is 5.92 Å². The molecule has 0 aromatic rings. The zero-order valence-electron chi connectivity index (χ0n) is 11.4. The summed E-state index contributed by atoms with van der Waals surface area (Å²) >= 11 is 0. The molecule has 4 nitrogen and oxygen atoms in total. The Morgan fingerprint density at radius 3 is 2.00 bits per heavy atom. The van der Waals surface area contributed by atoms with Crippen molar-refractivity contribution in [2.24, 2.45) is 11.8 Å². The van der Waals surface area contributed by atoms with Gasteiger partial charge in [-0.15, -0.1) is 0 Å². The summed E-state index contributed by atoms with van der Waals surface area (Å²) in [5, 5.41) is 0. The summed E-state index contributed by atoms with van der Waals surface area (Å²) in [4.78, 5) is 0. The van der Waals surface area contributed by atoms with Crippen LogP contribution < -0.4 is 11.3 Å². The van der Waals surface area contributed by atoms with Gasteiger partial charge in [0.2, 0.25) is 0 Å². The fraction of sp³-hybridized carbons (Fsp3) is 1.00. The molecule has 104 valence electrons. The number of nitrogens with one attached hydrogen (secondary N) is 1. The van der Waals surface area contributed by atoms with Gasteiger partial charge >= 0.3 is 0 Å². The Labute approximate surface area is 106 Å². The van der Waals surface area contributed by atoms with Crippen molar-refractivity contribution in [3.05, 3.63) is 0 Å². The number of rotatable bonds is 10. The molecule has 0 aromatic carbocycles. The largest absolute Gasteiger partial charge is 0.271 e. The van der Waals surface area contributed by atoms with Gasteiger partial charge in [0, 0.05) is 18.1 Å². The van der Waals surface area contributed by atoms with Gasteiger partial charge in [0.25, 0.3) is 0 Å². The molecular weight excluding hydrogens is 236 g/mol. The minimum atomic E-state index is -2.85. The first-order valence-electron chi connectivity index (χ1n) is 6.58. The molecule has 1 atom stereocenters. The standard InChI is InChI=1S/C12H28N2O2S/c1-4-7-11(8-5-2)12(14-13)9-6-10-17(3,15)16/h11-12,14H,4-10,13H2,1-3H3. The Hall–Kier alpha value is -0.130. The highest BCUT2D eigenvalue weighted by Crippen LogP contribution is 2.20. The second-order valence-electron chi connectivity index (χ2n) is 4.88. The van der Waals surface area contributed by atoms with Gasteiger partial charge in [0.15, 0.2) is 0 Å². The van der Waals surface area contributed by atoms with Crippen molar-refractivity contribution in [1.82, 2.24) is 5.43 Å². The molecule has 17 heavy (non-hydrogen) atoms. The van der Waals surface area contributed by atoms with Crippen LogP contribution in [0.15, 0.2) is 0 Å². The highest BCUT2D eigenvalue weighted by atomic mass is 32.2. The van der Waals surface area contributed by atoms with Gasteiger partial charge in [0.05, 0.1) is 0 Å². The molecule has 0 saturated carbocycles. The van der Waals surface area contributed by atoms with Crippen molar-refractivity contribution in [2.75, 3.05) is 12.0 Å². The predicted molar refractivity (Wildman–Crippen MR) is 73.4 cm³/mol. The molecule has 0 radical (unpaired) electrons. The zero-order chi connectivity index (χ0) is 13.3. The molecule has 0 bridgehead atoms. The van der Waals surface area contributed by atoms with Crippen molar-refractivity contribution in [3.63, 3.8) is 0 Å². The van der Waals surface area contributed by atoms with Crippen LogP contribution >= 0.6 is 0 Å². The molecule has 0 spiro atoms. The Bertz CT molecular complexity index is 272. The van der Waals surface area contributed by atoms with Crippen LogP contribution in [-0.2, 0) is 9.84 Å². The molecule has 0 fully saturated rings. The second-order valence-corrected chi connectivity index (χ2v) is 7.14. The lowest BCUT2D eigenvalue weighted by atomic mass is 9.88. The number of sulfone groups is 1. The smallest absolute Gasteiger partial charge is 0.147 e. The third-order valence-corrected chi connectivity index (χ3v) is 4.16. The quantitative estimate of drug-likeness (QED) is 0.466. The van der Waals surface area contributed by atoms with Crippen LogP contribution in [0.25, 0.3) is 0 Å². The summed E-state index contributed by atoms with van der Waals surface area (Å²) in [6, 6.07) is 0.247. The molecule has 5 heteroatoms. The van der Waals surface area contributed by atoms with Crippen molar-refractivity contribution in [2.45, 2.75) is 58.4 Å². The average Bonchev–Trinajstić information content (AvgIpc) is 2.23. The summed E-state index contributed by atoms with van der Waals surface area (Å²) in [5.41, 5.74) is 2.86. The van der Waals surface area contributed by atoms with Crippen LogP contribution in [0.3, 0.4) is 0 Å². The van der Waals surface area contributed by atoms with Crippen molar-refractivity contribution >= 4 is 9.84 Å². The summed E-state index contributed by atoms with van der Waals surface area (Å²) in [7, 11) is -2.85. The van der Waals surface area contributed by atoms with E-state index in [1.54, 1.807) is 0 Å². The maximum Gasteiger partial charge on any atom is 0.147 e. The van der Waals surface area contributed by atoms with E-state index in [9.17, 15) is 8.42 Å². The predicted octanol–water partition coefficient (Wildman–Crippen LogP) is 1.86. The fourth-order valence-electron chi connectivity index (χ4n) is 2.31. The van der Waals surface area contributed by atoms with E-state index in [1.165, 1.54) is 6.26 Å². The summed E-state index contributed by atoms with van der Waals surface area (Å²) in [6.07, 6.45) is 7.42. The number of nitrogens with two attached hydrogens (primary N) is 1. The van der Waals surface area contributed by atoms with Crippen LogP contribution in [0.5, 0.6) is 0 Å². The lowest BCUT2D eigenvalue weighted by Crippen LogP contribution is -2.41. The second kappa shape index (κ2) is 8.89. The third-order valence-electron chi connectivity index (χ3n) is 3.13. The minimum Gasteiger partial charge on any atom is -0.271 e. The first-order valence-corrected chi connectivity index (χ1v) is 8.64. The van der Waals surface area contributed by atoms with Crippen LogP contribution in [0.1, 0.15) is 52.4 Å². The van der Waals surface area contributed by atoms with Gasteiger partial charge in [-0.25, -0.2) is 8.42 Å². The SMILES string of the molecule is CCCC(CCC)C(CCCS(C)(=O)=O)NN. The molecule has 1 unspecified atom stereocenters.